The standard InChI is InChI=1S/C32H48N12.2CH4/c1-7-39(29-19-15-27(16-20-29)35-37-31-41(9-3)25-33-43(31)11-5)23-13-14-24-40(8-2)30-21-17-28(18-22-30)36-38-32-42(10-4)26-34-44(32)12-6;;/h15-22,25-26H,7-14,23-24H2,1-6H3;2*1H4/q+2;;. The number of aryl methyl sites for hydroxylation is 4. The van der Waals surface area contributed by atoms with Crippen molar-refractivity contribution in [2.45, 2.75) is 95.4 Å². The Morgan fingerprint density at radius 3 is 1.24 bits per heavy atom. The number of azo groups is 2. The summed E-state index contributed by atoms with van der Waals surface area (Å²) in [4.78, 5) is 4.84. The van der Waals surface area contributed by atoms with Crippen molar-refractivity contribution in [3.8, 4) is 0 Å². The van der Waals surface area contributed by atoms with Crippen LogP contribution >= 0.6 is 0 Å². The maximum absolute atomic E-state index is 4.48. The van der Waals surface area contributed by atoms with Crippen LogP contribution in [0.1, 0.15) is 69.2 Å². The van der Waals surface area contributed by atoms with Gasteiger partial charge in [0, 0.05) is 47.8 Å². The Kier molecular flexibility index (Phi) is 15.7. The molecule has 4 aromatic rings. The van der Waals surface area contributed by atoms with Crippen molar-refractivity contribution < 1.29 is 9.13 Å². The summed E-state index contributed by atoms with van der Waals surface area (Å²) >= 11 is 0. The van der Waals surface area contributed by atoms with Gasteiger partial charge in [-0.25, -0.2) is 9.13 Å². The van der Waals surface area contributed by atoms with Crippen LogP contribution in [0.15, 0.2) is 81.6 Å². The zero-order valence-corrected chi connectivity index (χ0v) is 27.2. The molecule has 0 unspecified atom stereocenters. The fraction of sp³-hybridized carbons (Fsp3) is 0.529. The fourth-order valence-corrected chi connectivity index (χ4v) is 5.07. The van der Waals surface area contributed by atoms with Gasteiger partial charge < -0.3 is 9.80 Å². The van der Waals surface area contributed by atoms with Crippen molar-refractivity contribution in [3.63, 3.8) is 0 Å². The summed E-state index contributed by atoms with van der Waals surface area (Å²) in [5.74, 6) is 1.52. The number of hydrogen-bond acceptors (Lipinski definition) is 8. The molecule has 0 radical (unpaired) electrons. The molecule has 0 fully saturated rings. The molecule has 4 rings (SSSR count). The second-order valence-electron chi connectivity index (χ2n) is 10.4. The summed E-state index contributed by atoms with van der Waals surface area (Å²) in [5, 5.41) is 26.6. The SMILES string of the molecule is C.C.CCN(CCCCN(CC)c1ccc(N=Nc2n(CC)nc[n+]2CC)cc1)c1ccc(N=Nc2n(CC)nc[n+]2CC)cc1. The van der Waals surface area contributed by atoms with Crippen molar-refractivity contribution >= 4 is 34.6 Å². The van der Waals surface area contributed by atoms with E-state index in [-0.39, 0.29) is 14.9 Å². The Bertz CT molecular complexity index is 1330. The van der Waals surface area contributed by atoms with Crippen molar-refractivity contribution in [2.24, 2.45) is 20.5 Å². The zero-order valence-electron chi connectivity index (χ0n) is 27.2. The molecule has 2 aromatic carbocycles. The van der Waals surface area contributed by atoms with E-state index in [1.807, 2.05) is 42.8 Å². The molecule has 0 aliphatic carbocycles. The highest BCUT2D eigenvalue weighted by molar-refractivity contribution is 5.53. The van der Waals surface area contributed by atoms with Gasteiger partial charge in [-0.05, 0) is 113 Å². The highest BCUT2D eigenvalue weighted by Crippen LogP contribution is 2.24. The Labute approximate surface area is 276 Å². The molecule has 0 atom stereocenters. The third-order valence-electron chi connectivity index (χ3n) is 7.73. The lowest BCUT2D eigenvalue weighted by Gasteiger charge is -2.26. The van der Waals surface area contributed by atoms with E-state index in [1.165, 1.54) is 11.4 Å². The summed E-state index contributed by atoms with van der Waals surface area (Å²) in [7, 11) is 0. The van der Waals surface area contributed by atoms with Gasteiger partial charge in [-0.15, -0.1) is 9.36 Å². The van der Waals surface area contributed by atoms with Gasteiger partial charge in [0.25, 0.3) is 0 Å². The summed E-state index contributed by atoms with van der Waals surface area (Å²) in [6.07, 6.45) is 5.82. The average molecular weight is 633 g/mol. The predicted molar refractivity (Wildman–Crippen MR) is 187 cm³/mol. The number of benzene rings is 2. The van der Waals surface area contributed by atoms with Gasteiger partial charge in [0.2, 0.25) is 12.7 Å². The Morgan fingerprint density at radius 1 is 0.565 bits per heavy atom. The molecular weight excluding hydrogens is 576 g/mol. The van der Waals surface area contributed by atoms with Crippen LogP contribution in [0.4, 0.5) is 34.6 Å². The van der Waals surface area contributed by atoms with Gasteiger partial charge in [-0.2, -0.15) is 0 Å². The van der Waals surface area contributed by atoms with Crippen LogP contribution in [0.3, 0.4) is 0 Å². The molecule has 2 aromatic heterocycles. The topological polar surface area (TPSA) is 99.3 Å². The number of nitrogens with zero attached hydrogens (tertiary/aromatic N) is 12. The summed E-state index contributed by atoms with van der Waals surface area (Å²) in [5.41, 5.74) is 4.08. The molecule has 0 saturated heterocycles. The van der Waals surface area contributed by atoms with Crippen molar-refractivity contribution in [2.75, 3.05) is 36.0 Å². The minimum Gasteiger partial charge on any atom is -0.372 e. The Hall–Kier alpha value is -4.48. The monoisotopic (exact) mass is 632 g/mol. The normalized spacial score (nSPS) is 11.2. The number of aromatic nitrogens is 6. The summed E-state index contributed by atoms with van der Waals surface area (Å²) < 4.78 is 7.70. The molecule has 2 heterocycles. The Balaban J connectivity index is 0.00000368. The first-order valence-corrected chi connectivity index (χ1v) is 16.0. The van der Waals surface area contributed by atoms with Gasteiger partial charge in [-0.3, -0.25) is 0 Å². The van der Waals surface area contributed by atoms with Gasteiger partial charge in [0.1, 0.15) is 0 Å². The lowest BCUT2D eigenvalue weighted by molar-refractivity contribution is -0.681. The second kappa shape index (κ2) is 19.1. The maximum Gasteiger partial charge on any atom is 0.403 e. The lowest BCUT2D eigenvalue weighted by atomic mass is 10.2. The zero-order chi connectivity index (χ0) is 31.3. The third-order valence-corrected chi connectivity index (χ3v) is 7.73. The highest BCUT2D eigenvalue weighted by atomic mass is 15.4. The van der Waals surface area contributed by atoms with E-state index in [2.05, 4.69) is 106 Å². The quantitative estimate of drug-likeness (QED) is 0.0670. The molecule has 12 nitrogen and oxygen atoms in total. The predicted octanol–water partition coefficient (Wildman–Crippen LogP) is 7.97. The fourth-order valence-electron chi connectivity index (χ4n) is 5.07. The van der Waals surface area contributed by atoms with Crippen LogP contribution in [0.5, 0.6) is 0 Å². The van der Waals surface area contributed by atoms with Crippen LogP contribution in [0.2, 0.25) is 0 Å². The summed E-state index contributed by atoms with van der Waals surface area (Å²) in [6, 6.07) is 16.7. The van der Waals surface area contributed by atoms with Crippen molar-refractivity contribution in [3.05, 3.63) is 61.2 Å². The molecule has 0 N–H and O–H groups in total. The van der Waals surface area contributed by atoms with Crippen molar-refractivity contribution in [1.82, 2.24) is 19.6 Å². The minimum absolute atomic E-state index is 0. The third kappa shape index (κ3) is 9.51. The molecular formula is C34H56N12+2. The lowest BCUT2D eigenvalue weighted by Crippen LogP contribution is -2.30. The molecule has 46 heavy (non-hydrogen) atoms. The number of anilines is 2. The van der Waals surface area contributed by atoms with Crippen LogP contribution in [0, 0.1) is 0 Å². The average Bonchev–Trinajstić information content (AvgIpc) is 3.67. The largest absolute Gasteiger partial charge is 0.403 e. The molecule has 0 saturated carbocycles. The van der Waals surface area contributed by atoms with Gasteiger partial charge in [0.05, 0.1) is 37.6 Å². The van der Waals surface area contributed by atoms with E-state index >= 15 is 0 Å². The molecule has 0 aliphatic heterocycles. The van der Waals surface area contributed by atoms with Crippen molar-refractivity contribution in [1.29, 1.82) is 0 Å². The molecule has 0 aliphatic rings. The van der Waals surface area contributed by atoms with Crippen LogP contribution in [-0.4, -0.2) is 45.7 Å². The van der Waals surface area contributed by atoms with E-state index in [9.17, 15) is 0 Å². The smallest absolute Gasteiger partial charge is 0.372 e. The van der Waals surface area contributed by atoms with Gasteiger partial charge in [-0.1, -0.05) is 25.1 Å². The summed E-state index contributed by atoms with van der Waals surface area (Å²) in [6.45, 7) is 19.7. The molecule has 12 heteroatoms. The van der Waals surface area contributed by atoms with E-state index in [1.54, 1.807) is 12.7 Å². The Morgan fingerprint density at radius 2 is 0.935 bits per heavy atom. The minimum atomic E-state index is 0. The first-order valence-electron chi connectivity index (χ1n) is 16.0. The number of rotatable bonds is 17. The van der Waals surface area contributed by atoms with Crippen LogP contribution in [0.25, 0.3) is 0 Å². The number of hydrogen-bond donors (Lipinski definition) is 0. The first kappa shape index (κ1) is 37.7. The van der Waals surface area contributed by atoms with Gasteiger partial charge in [0.15, 0.2) is 0 Å². The molecule has 250 valence electrons. The highest BCUT2D eigenvalue weighted by Gasteiger charge is 2.17. The number of unbranched alkanes of at least 4 members (excludes halogenated alkanes) is 1. The van der Waals surface area contributed by atoms with E-state index in [0.717, 1.165) is 88.5 Å². The molecule has 0 spiro atoms. The van der Waals surface area contributed by atoms with Gasteiger partial charge >= 0.3 is 11.9 Å². The first-order chi connectivity index (χ1) is 21.5. The van der Waals surface area contributed by atoms with E-state index in [4.69, 9.17) is 0 Å². The maximum atomic E-state index is 4.48. The van der Waals surface area contributed by atoms with E-state index in [0.29, 0.717) is 0 Å². The van der Waals surface area contributed by atoms with E-state index < -0.39 is 0 Å². The van der Waals surface area contributed by atoms with Crippen LogP contribution < -0.4 is 18.9 Å². The molecule has 0 bridgehead atoms. The molecule has 0 amide bonds. The van der Waals surface area contributed by atoms with Crippen LogP contribution in [-0.2, 0) is 26.2 Å². The second-order valence-corrected chi connectivity index (χ2v) is 10.4.